The number of hydrogen-bond acceptors (Lipinski definition) is 6. The lowest BCUT2D eigenvalue weighted by Gasteiger charge is -2.25. The SMILES string of the molecule is COc1ccc(-c2noc(CCC(=O)N[C@@H]3COc4ccccc4C3)n2)cc1. The topological polar surface area (TPSA) is 86.5 Å². The lowest BCUT2D eigenvalue weighted by molar-refractivity contribution is -0.122. The van der Waals surface area contributed by atoms with Gasteiger partial charge in [-0.15, -0.1) is 0 Å². The van der Waals surface area contributed by atoms with E-state index in [2.05, 4.69) is 15.5 Å². The van der Waals surface area contributed by atoms with Crippen LogP contribution in [0.25, 0.3) is 11.4 Å². The average molecular weight is 379 g/mol. The van der Waals surface area contributed by atoms with Gasteiger partial charge in [0, 0.05) is 18.4 Å². The third-order valence-corrected chi connectivity index (χ3v) is 4.63. The standard InChI is InChI=1S/C21H21N3O4/c1-26-17-8-6-14(7-9-17)21-23-20(28-24-21)11-10-19(25)22-16-12-15-4-2-3-5-18(15)27-13-16/h2-9,16H,10-13H2,1H3,(H,22,25)/t16-/m0/s1. The van der Waals surface area contributed by atoms with Crippen LogP contribution in [0.1, 0.15) is 17.9 Å². The van der Waals surface area contributed by atoms with E-state index in [4.69, 9.17) is 14.0 Å². The number of aromatic nitrogens is 2. The summed E-state index contributed by atoms with van der Waals surface area (Å²) in [4.78, 5) is 16.6. The van der Waals surface area contributed by atoms with Gasteiger partial charge in [0.05, 0.1) is 13.2 Å². The van der Waals surface area contributed by atoms with Crippen LogP contribution in [0.4, 0.5) is 0 Å². The number of amides is 1. The molecule has 1 amide bonds. The van der Waals surface area contributed by atoms with Crippen molar-refractivity contribution in [3.63, 3.8) is 0 Å². The number of fused-ring (bicyclic) bond motifs is 1. The molecule has 1 aliphatic heterocycles. The molecule has 144 valence electrons. The summed E-state index contributed by atoms with van der Waals surface area (Å²) in [5, 5.41) is 7.00. The van der Waals surface area contributed by atoms with Crippen LogP contribution < -0.4 is 14.8 Å². The zero-order valence-electron chi connectivity index (χ0n) is 15.6. The van der Waals surface area contributed by atoms with Gasteiger partial charge in [0.25, 0.3) is 0 Å². The summed E-state index contributed by atoms with van der Waals surface area (Å²) in [6.07, 6.45) is 1.44. The molecule has 0 radical (unpaired) electrons. The Balaban J connectivity index is 1.29. The minimum absolute atomic E-state index is 0.0278. The lowest BCUT2D eigenvalue weighted by Crippen LogP contribution is -2.42. The van der Waals surface area contributed by atoms with Crippen molar-refractivity contribution >= 4 is 5.91 Å². The van der Waals surface area contributed by atoms with Crippen LogP contribution in [0.15, 0.2) is 53.1 Å². The van der Waals surface area contributed by atoms with Crippen molar-refractivity contribution < 1.29 is 18.8 Å². The fourth-order valence-corrected chi connectivity index (χ4v) is 3.15. The Hall–Kier alpha value is -3.35. The molecule has 2 aromatic carbocycles. The van der Waals surface area contributed by atoms with Crippen molar-refractivity contribution in [2.75, 3.05) is 13.7 Å². The van der Waals surface area contributed by atoms with Crippen LogP contribution in [0, 0.1) is 0 Å². The maximum atomic E-state index is 12.3. The molecule has 0 fully saturated rings. The molecule has 1 atom stereocenters. The zero-order valence-corrected chi connectivity index (χ0v) is 15.6. The molecule has 1 N–H and O–H groups in total. The molecule has 7 nitrogen and oxygen atoms in total. The Kier molecular flexibility index (Phi) is 5.23. The van der Waals surface area contributed by atoms with Crippen LogP contribution in [0.2, 0.25) is 0 Å². The van der Waals surface area contributed by atoms with E-state index in [1.54, 1.807) is 7.11 Å². The van der Waals surface area contributed by atoms with E-state index >= 15 is 0 Å². The molecule has 2 heterocycles. The first kappa shape index (κ1) is 18.0. The smallest absolute Gasteiger partial charge is 0.227 e. The van der Waals surface area contributed by atoms with Gasteiger partial charge in [-0.2, -0.15) is 4.98 Å². The molecule has 0 saturated heterocycles. The normalized spacial score (nSPS) is 15.4. The van der Waals surface area contributed by atoms with E-state index in [0.717, 1.165) is 29.0 Å². The predicted octanol–water partition coefficient (Wildman–Crippen LogP) is 2.80. The van der Waals surface area contributed by atoms with Gasteiger partial charge < -0.3 is 19.3 Å². The van der Waals surface area contributed by atoms with Gasteiger partial charge in [-0.3, -0.25) is 4.79 Å². The largest absolute Gasteiger partial charge is 0.497 e. The molecule has 1 aromatic heterocycles. The maximum absolute atomic E-state index is 12.3. The van der Waals surface area contributed by atoms with Crippen molar-refractivity contribution in [3.05, 3.63) is 60.0 Å². The summed E-state index contributed by atoms with van der Waals surface area (Å²) >= 11 is 0. The molecule has 0 unspecified atom stereocenters. The Labute approximate surface area is 162 Å². The fraction of sp³-hybridized carbons (Fsp3) is 0.286. The number of carbonyl (C=O) groups excluding carboxylic acids is 1. The number of ether oxygens (including phenoxy) is 2. The first-order valence-electron chi connectivity index (χ1n) is 9.18. The molecule has 1 aliphatic rings. The number of nitrogens with zero attached hydrogens (tertiary/aromatic N) is 2. The van der Waals surface area contributed by atoms with Gasteiger partial charge in [-0.1, -0.05) is 23.4 Å². The summed E-state index contributed by atoms with van der Waals surface area (Å²) in [5.74, 6) is 2.53. The molecule has 28 heavy (non-hydrogen) atoms. The number of nitrogens with one attached hydrogen (secondary N) is 1. The summed E-state index contributed by atoms with van der Waals surface area (Å²) in [6.45, 7) is 0.477. The van der Waals surface area contributed by atoms with Crippen LogP contribution in [0.5, 0.6) is 11.5 Å². The number of rotatable bonds is 6. The molecule has 3 aromatic rings. The Bertz CT molecular complexity index is 952. The van der Waals surface area contributed by atoms with Crippen LogP contribution >= 0.6 is 0 Å². The van der Waals surface area contributed by atoms with Gasteiger partial charge in [-0.05, 0) is 42.3 Å². The van der Waals surface area contributed by atoms with Crippen LogP contribution in [-0.2, 0) is 17.6 Å². The predicted molar refractivity (Wildman–Crippen MR) is 102 cm³/mol. The third kappa shape index (κ3) is 4.14. The highest BCUT2D eigenvalue weighted by molar-refractivity contribution is 5.76. The highest BCUT2D eigenvalue weighted by Crippen LogP contribution is 2.24. The number of benzene rings is 2. The van der Waals surface area contributed by atoms with Crippen LogP contribution in [0.3, 0.4) is 0 Å². The minimum Gasteiger partial charge on any atom is -0.497 e. The van der Waals surface area contributed by atoms with Gasteiger partial charge in [0.15, 0.2) is 0 Å². The van der Waals surface area contributed by atoms with Gasteiger partial charge in [-0.25, -0.2) is 0 Å². The second kappa shape index (κ2) is 8.12. The molecular formula is C21H21N3O4. The highest BCUT2D eigenvalue weighted by Gasteiger charge is 2.21. The summed E-state index contributed by atoms with van der Waals surface area (Å²) in [5.41, 5.74) is 1.94. The lowest BCUT2D eigenvalue weighted by atomic mass is 10.0. The molecule has 7 heteroatoms. The number of methoxy groups -OCH3 is 1. The zero-order chi connectivity index (χ0) is 19.3. The summed E-state index contributed by atoms with van der Waals surface area (Å²) < 4.78 is 16.1. The highest BCUT2D eigenvalue weighted by atomic mass is 16.5. The Morgan fingerprint density at radius 2 is 2.04 bits per heavy atom. The number of para-hydroxylation sites is 1. The fourth-order valence-electron chi connectivity index (χ4n) is 3.15. The average Bonchev–Trinajstić information content (AvgIpc) is 3.21. The minimum atomic E-state index is -0.0582. The Morgan fingerprint density at radius 3 is 2.86 bits per heavy atom. The van der Waals surface area contributed by atoms with E-state index < -0.39 is 0 Å². The molecule has 0 spiro atoms. The monoisotopic (exact) mass is 379 g/mol. The summed E-state index contributed by atoms with van der Waals surface area (Å²) in [7, 11) is 1.62. The maximum Gasteiger partial charge on any atom is 0.227 e. The van der Waals surface area contributed by atoms with Crippen molar-refractivity contribution in [2.24, 2.45) is 0 Å². The van der Waals surface area contributed by atoms with Gasteiger partial charge in [0.1, 0.15) is 18.1 Å². The number of aryl methyl sites for hydroxylation is 1. The van der Waals surface area contributed by atoms with Gasteiger partial charge >= 0.3 is 0 Å². The van der Waals surface area contributed by atoms with Crippen LogP contribution in [-0.4, -0.2) is 35.8 Å². The quantitative estimate of drug-likeness (QED) is 0.709. The van der Waals surface area contributed by atoms with Crippen molar-refractivity contribution in [1.82, 2.24) is 15.5 Å². The molecule has 0 saturated carbocycles. The van der Waals surface area contributed by atoms with E-state index in [1.165, 1.54) is 0 Å². The number of carbonyl (C=O) groups is 1. The van der Waals surface area contributed by atoms with E-state index in [1.807, 2.05) is 48.5 Å². The first-order valence-corrected chi connectivity index (χ1v) is 9.18. The third-order valence-electron chi connectivity index (χ3n) is 4.63. The Morgan fingerprint density at radius 1 is 1.21 bits per heavy atom. The second-order valence-electron chi connectivity index (χ2n) is 6.63. The van der Waals surface area contributed by atoms with Crippen molar-refractivity contribution in [2.45, 2.75) is 25.3 Å². The molecule has 0 bridgehead atoms. The van der Waals surface area contributed by atoms with E-state index in [0.29, 0.717) is 24.7 Å². The first-order chi connectivity index (χ1) is 13.7. The molecule has 4 rings (SSSR count). The molecule has 0 aliphatic carbocycles. The summed E-state index contributed by atoms with van der Waals surface area (Å²) in [6, 6.07) is 15.3. The van der Waals surface area contributed by atoms with Crippen molar-refractivity contribution in [3.8, 4) is 22.9 Å². The van der Waals surface area contributed by atoms with E-state index in [-0.39, 0.29) is 18.4 Å². The second-order valence-corrected chi connectivity index (χ2v) is 6.63. The van der Waals surface area contributed by atoms with Gasteiger partial charge in [0.2, 0.25) is 17.6 Å². The molecular weight excluding hydrogens is 358 g/mol. The van der Waals surface area contributed by atoms with Crippen molar-refractivity contribution in [1.29, 1.82) is 0 Å². The van der Waals surface area contributed by atoms with E-state index in [9.17, 15) is 4.79 Å². The number of hydrogen-bond donors (Lipinski definition) is 1.